The van der Waals surface area contributed by atoms with Gasteiger partial charge in [0.15, 0.2) is 0 Å². The number of hydrogen-bond acceptors (Lipinski definition) is 7. The number of rotatable bonds is 6. The second-order valence-corrected chi connectivity index (χ2v) is 8.62. The van der Waals surface area contributed by atoms with Crippen molar-refractivity contribution in [3.8, 4) is 11.6 Å². The van der Waals surface area contributed by atoms with Crippen LogP contribution in [0.5, 0.6) is 11.6 Å². The number of amides is 1. The average molecular weight is 528 g/mol. The summed E-state index contributed by atoms with van der Waals surface area (Å²) in [6.45, 7) is 2.80. The van der Waals surface area contributed by atoms with Crippen molar-refractivity contribution in [2.75, 3.05) is 18.5 Å². The van der Waals surface area contributed by atoms with Gasteiger partial charge in [0, 0.05) is 29.4 Å². The summed E-state index contributed by atoms with van der Waals surface area (Å²) in [7, 11) is 0. The van der Waals surface area contributed by atoms with Crippen molar-refractivity contribution >= 4 is 22.7 Å². The van der Waals surface area contributed by atoms with E-state index in [1.165, 1.54) is 23.0 Å². The van der Waals surface area contributed by atoms with Gasteiger partial charge in [0.1, 0.15) is 12.1 Å². The molecule has 0 saturated carbocycles. The highest BCUT2D eigenvalue weighted by molar-refractivity contribution is 5.82. The third-order valence-electron chi connectivity index (χ3n) is 6.15. The van der Waals surface area contributed by atoms with Crippen LogP contribution in [0.15, 0.2) is 61.1 Å². The number of aliphatic hydroxyl groups is 1. The molecule has 4 aromatic rings. The van der Waals surface area contributed by atoms with Crippen LogP contribution in [0.2, 0.25) is 0 Å². The molecule has 1 atom stereocenters. The molecule has 1 aliphatic heterocycles. The fourth-order valence-electron chi connectivity index (χ4n) is 4.32. The maximum atomic E-state index is 13.0. The summed E-state index contributed by atoms with van der Waals surface area (Å²) in [5, 5.41) is 14.1. The molecule has 0 saturated heterocycles. The van der Waals surface area contributed by atoms with Crippen LogP contribution in [0.1, 0.15) is 30.1 Å². The van der Waals surface area contributed by atoms with Gasteiger partial charge in [-0.05, 0) is 55.8 Å². The molecule has 2 aromatic heterocycles. The van der Waals surface area contributed by atoms with E-state index in [0.717, 1.165) is 23.1 Å². The molecule has 12 heteroatoms. The van der Waals surface area contributed by atoms with Gasteiger partial charge >= 0.3 is 12.3 Å². The molecular formula is C26H24F3N5O4. The monoisotopic (exact) mass is 527 g/mol. The van der Waals surface area contributed by atoms with E-state index in [-0.39, 0.29) is 11.8 Å². The Morgan fingerprint density at radius 1 is 1.18 bits per heavy atom. The number of fused-ring (bicyclic) bond motifs is 2. The molecule has 2 aromatic carbocycles. The number of hydrogen-bond donors (Lipinski definition) is 2. The van der Waals surface area contributed by atoms with Gasteiger partial charge in [0.2, 0.25) is 12.2 Å². The normalized spacial score (nSPS) is 14.2. The van der Waals surface area contributed by atoms with Crippen molar-refractivity contribution < 1.29 is 32.5 Å². The van der Waals surface area contributed by atoms with Crippen LogP contribution in [-0.2, 0) is 23.9 Å². The van der Waals surface area contributed by atoms with E-state index in [4.69, 9.17) is 9.47 Å². The predicted molar refractivity (Wildman–Crippen MR) is 132 cm³/mol. The van der Waals surface area contributed by atoms with Crippen molar-refractivity contribution in [1.29, 1.82) is 0 Å². The van der Waals surface area contributed by atoms with Gasteiger partial charge in [-0.3, -0.25) is 0 Å². The van der Waals surface area contributed by atoms with Crippen molar-refractivity contribution in [3.05, 3.63) is 77.9 Å². The summed E-state index contributed by atoms with van der Waals surface area (Å²) in [6.07, 6.45) is -2.67. The van der Waals surface area contributed by atoms with E-state index in [0.29, 0.717) is 49.0 Å². The summed E-state index contributed by atoms with van der Waals surface area (Å²) in [6, 6.07) is 11.6. The number of benzene rings is 2. The van der Waals surface area contributed by atoms with E-state index in [1.807, 2.05) is 0 Å². The molecule has 3 heterocycles. The minimum absolute atomic E-state index is 0.129. The highest BCUT2D eigenvalue weighted by Crippen LogP contribution is 2.33. The van der Waals surface area contributed by atoms with Crippen molar-refractivity contribution in [1.82, 2.24) is 19.4 Å². The van der Waals surface area contributed by atoms with E-state index in [9.17, 15) is 23.1 Å². The number of carbonyl (C=O) groups excluding carboxylic acids is 1. The van der Waals surface area contributed by atoms with Crippen LogP contribution in [0.25, 0.3) is 10.9 Å². The van der Waals surface area contributed by atoms with Gasteiger partial charge in [-0.1, -0.05) is 6.07 Å². The molecule has 0 bridgehead atoms. The topological polar surface area (TPSA) is 102 Å². The molecule has 1 aliphatic rings. The number of halogens is 3. The lowest BCUT2D eigenvalue weighted by molar-refractivity contribution is -0.137. The quantitative estimate of drug-likeness (QED) is 0.328. The molecule has 0 fully saturated rings. The highest BCUT2D eigenvalue weighted by Gasteiger charge is 2.30. The lowest BCUT2D eigenvalue weighted by atomic mass is 10.1. The zero-order valence-electron chi connectivity index (χ0n) is 20.3. The van der Waals surface area contributed by atoms with E-state index in [2.05, 4.69) is 15.3 Å². The van der Waals surface area contributed by atoms with Gasteiger partial charge in [-0.2, -0.15) is 13.2 Å². The summed E-state index contributed by atoms with van der Waals surface area (Å²) in [5.74, 6) is 0.896. The summed E-state index contributed by atoms with van der Waals surface area (Å²) in [5.41, 5.74) is 1.45. The Morgan fingerprint density at radius 2 is 2.03 bits per heavy atom. The molecule has 0 radical (unpaired) electrons. The zero-order valence-corrected chi connectivity index (χ0v) is 20.3. The van der Waals surface area contributed by atoms with Crippen LogP contribution in [0.3, 0.4) is 0 Å². The van der Waals surface area contributed by atoms with Crippen LogP contribution >= 0.6 is 0 Å². The number of nitrogens with one attached hydrogen (secondary N) is 1. The Kier molecular flexibility index (Phi) is 6.81. The van der Waals surface area contributed by atoms with E-state index < -0.39 is 18.1 Å². The number of nitrogens with zero attached hydrogens (tertiary/aromatic N) is 4. The number of alkyl halides is 3. The van der Waals surface area contributed by atoms with Gasteiger partial charge in [-0.25, -0.2) is 14.8 Å². The van der Waals surface area contributed by atoms with Crippen LogP contribution in [0.4, 0.5) is 23.7 Å². The fourth-order valence-corrected chi connectivity index (χ4v) is 4.32. The second kappa shape index (κ2) is 10.2. The molecule has 1 unspecified atom stereocenters. The predicted octanol–water partition coefficient (Wildman–Crippen LogP) is 5.32. The van der Waals surface area contributed by atoms with Gasteiger partial charge in [-0.15, -0.1) is 0 Å². The van der Waals surface area contributed by atoms with Crippen molar-refractivity contribution in [2.45, 2.75) is 32.4 Å². The highest BCUT2D eigenvalue weighted by atomic mass is 19.4. The third kappa shape index (κ3) is 5.21. The first-order valence-corrected chi connectivity index (χ1v) is 11.9. The molecule has 2 N–H and O–H groups in total. The third-order valence-corrected chi connectivity index (χ3v) is 6.15. The van der Waals surface area contributed by atoms with Crippen molar-refractivity contribution in [2.24, 2.45) is 0 Å². The number of carbonyl (C=O) groups is 1. The first-order chi connectivity index (χ1) is 18.2. The Balaban J connectivity index is 1.32. The minimum atomic E-state index is -4.48. The Hall–Kier alpha value is -4.32. The second-order valence-electron chi connectivity index (χ2n) is 8.62. The minimum Gasteiger partial charge on any atom is -0.450 e. The number of aliphatic hydroxyl groups excluding tert-OH is 1. The molecule has 9 nitrogen and oxygen atoms in total. The lowest BCUT2D eigenvalue weighted by Crippen LogP contribution is -2.37. The number of ether oxygens (including phenoxy) is 2. The van der Waals surface area contributed by atoms with Crippen LogP contribution in [-0.4, -0.2) is 43.8 Å². The smallest absolute Gasteiger partial charge is 0.416 e. The first-order valence-electron chi connectivity index (χ1n) is 11.9. The molecule has 198 valence electrons. The Morgan fingerprint density at radius 3 is 2.82 bits per heavy atom. The van der Waals surface area contributed by atoms with Gasteiger partial charge < -0.3 is 29.4 Å². The molecule has 0 spiro atoms. The molecular weight excluding hydrogens is 503 g/mol. The number of aromatic nitrogens is 3. The number of anilines is 1. The average Bonchev–Trinajstić information content (AvgIpc) is 3.32. The first kappa shape index (κ1) is 25.3. The fraction of sp³-hybridized carbons (Fsp3) is 0.269. The summed E-state index contributed by atoms with van der Waals surface area (Å²) >= 11 is 0. The molecule has 38 heavy (non-hydrogen) atoms. The SMILES string of the molecule is CCOC(=O)N1CCc2c(ncnc2Oc2ccc3c(ccn3C(O)Nc3cccc(C(F)(F)F)c3)c2)C1. The van der Waals surface area contributed by atoms with Crippen molar-refractivity contribution in [3.63, 3.8) is 0 Å². The molecule has 5 rings (SSSR count). The van der Waals surface area contributed by atoms with Crippen LogP contribution in [0, 0.1) is 0 Å². The zero-order chi connectivity index (χ0) is 26.9. The molecule has 0 aliphatic carbocycles. The maximum absolute atomic E-state index is 13.0. The lowest BCUT2D eigenvalue weighted by Gasteiger charge is -2.27. The Labute approximate surface area is 215 Å². The van der Waals surface area contributed by atoms with E-state index in [1.54, 1.807) is 42.3 Å². The summed E-state index contributed by atoms with van der Waals surface area (Å²) in [4.78, 5) is 22.2. The van der Waals surface area contributed by atoms with E-state index >= 15 is 0 Å². The molecule has 1 amide bonds. The largest absolute Gasteiger partial charge is 0.450 e. The van der Waals surface area contributed by atoms with Crippen LogP contribution < -0.4 is 10.1 Å². The maximum Gasteiger partial charge on any atom is 0.416 e. The van der Waals surface area contributed by atoms with Gasteiger partial charge in [0.05, 0.1) is 29.9 Å². The summed E-state index contributed by atoms with van der Waals surface area (Å²) < 4.78 is 51.7. The Bertz CT molecular complexity index is 1470. The standard InChI is InChI=1S/C26H24F3N5O4/c1-2-37-25(36)33-10-9-20-21(14-33)30-15-31-23(20)38-19-6-7-22-16(12-19)8-11-34(22)24(35)32-18-5-3-4-17(13-18)26(27,28)29/h3-8,11-13,15,24,32,35H,2,9-10,14H2,1H3. The van der Waals surface area contributed by atoms with Gasteiger partial charge in [0.25, 0.3) is 0 Å².